The van der Waals surface area contributed by atoms with Gasteiger partial charge in [-0.3, -0.25) is 5.10 Å². The first-order valence-corrected chi connectivity index (χ1v) is 5.78. The number of likely N-dealkylation sites (N-methyl/N-ethyl adjacent to an activating group) is 1. The zero-order valence-corrected chi connectivity index (χ0v) is 11.1. The Morgan fingerprint density at radius 2 is 2.28 bits per heavy atom. The van der Waals surface area contributed by atoms with Crippen LogP contribution in [0, 0.1) is 0 Å². The molecule has 0 aliphatic rings. The van der Waals surface area contributed by atoms with Gasteiger partial charge in [-0.15, -0.1) is 0 Å². The lowest BCUT2D eigenvalue weighted by molar-refractivity contribution is 0.183. The van der Waals surface area contributed by atoms with E-state index in [0.717, 1.165) is 16.9 Å². The molecule has 2 rings (SSSR count). The summed E-state index contributed by atoms with van der Waals surface area (Å²) in [4.78, 5) is 10.8. The molecule has 7 nitrogen and oxygen atoms in total. The van der Waals surface area contributed by atoms with E-state index in [4.69, 9.17) is 4.74 Å². The van der Waals surface area contributed by atoms with E-state index in [9.17, 15) is 0 Å². The van der Waals surface area contributed by atoms with Crippen LogP contribution >= 0.6 is 0 Å². The Hall–Kier alpha value is -1.89. The van der Waals surface area contributed by atoms with Crippen molar-refractivity contribution in [3.05, 3.63) is 6.20 Å². The molecule has 1 atom stereocenters. The number of ether oxygens (including phenoxy) is 1. The van der Waals surface area contributed by atoms with Gasteiger partial charge in [0.1, 0.15) is 5.82 Å². The fraction of sp³-hybridized carbons (Fsp3) is 0.545. The Labute approximate surface area is 106 Å². The standard InChI is InChI=1S/C11H18N6O/c1-7(6-18-4)17(3)10-8-5-13-16-9(8)14-11(12-2)15-10/h5,7H,6H2,1-4H3,(H2,12,13,14,15,16). The molecule has 2 N–H and O–H groups in total. The van der Waals surface area contributed by atoms with Crippen molar-refractivity contribution in [3.8, 4) is 0 Å². The van der Waals surface area contributed by atoms with Crippen LogP contribution in [0.1, 0.15) is 6.92 Å². The topological polar surface area (TPSA) is 79.0 Å². The van der Waals surface area contributed by atoms with E-state index in [-0.39, 0.29) is 6.04 Å². The fourth-order valence-corrected chi connectivity index (χ4v) is 1.76. The van der Waals surface area contributed by atoms with Crippen molar-refractivity contribution in [1.82, 2.24) is 20.2 Å². The van der Waals surface area contributed by atoms with Crippen LogP contribution < -0.4 is 10.2 Å². The Kier molecular flexibility index (Phi) is 3.61. The second-order valence-electron chi connectivity index (χ2n) is 4.17. The van der Waals surface area contributed by atoms with Gasteiger partial charge in [0, 0.05) is 21.2 Å². The van der Waals surface area contributed by atoms with Gasteiger partial charge in [-0.05, 0) is 6.92 Å². The monoisotopic (exact) mass is 250 g/mol. The first-order chi connectivity index (χ1) is 8.67. The lowest BCUT2D eigenvalue weighted by atomic mass is 10.3. The van der Waals surface area contributed by atoms with Crippen LogP contribution in [-0.4, -0.2) is 54.0 Å². The van der Waals surface area contributed by atoms with Crippen LogP contribution in [0.4, 0.5) is 11.8 Å². The Morgan fingerprint density at radius 3 is 2.94 bits per heavy atom. The largest absolute Gasteiger partial charge is 0.383 e. The second-order valence-corrected chi connectivity index (χ2v) is 4.17. The van der Waals surface area contributed by atoms with Gasteiger partial charge in [-0.1, -0.05) is 0 Å². The molecule has 18 heavy (non-hydrogen) atoms. The highest BCUT2D eigenvalue weighted by atomic mass is 16.5. The van der Waals surface area contributed by atoms with E-state index in [1.54, 1.807) is 20.4 Å². The predicted octanol–water partition coefficient (Wildman–Crippen LogP) is 0.866. The number of nitrogens with one attached hydrogen (secondary N) is 2. The maximum atomic E-state index is 5.17. The maximum Gasteiger partial charge on any atom is 0.226 e. The summed E-state index contributed by atoms with van der Waals surface area (Å²) in [7, 11) is 5.47. The van der Waals surface area contributed by atoms with Crippen LogP contribution in [0.5, 0.6) is 0 Å². The zero-order valence-electron chi connectivity index (χ0n) is 11.1. The van der Waals surface area contributed by atoms with Crippen LogP contribution in [0.2, 0.25) is 0 Å². The van der Waals surface area contributed by atoms with E-state index in [1.807, 2.05) is 7.05 Å². The summed E-state index contributed by atoms with van der Waals surface area (Å²) in [6.07, 6.45) is 1.74. The van der Waals surface area contributed by atoms with Gasteiger partial charge in [-0.2, -0.15) is 15.1 Å². The van der Waals surface area contributed by atoms with Gasteiger partial charge in [0.05, 0.1) is 24.2 Å². The van der Waals surface area contributed by atoms with Crippen molar-refractivity contribution in [3.63, 3.8) is 0 Å². The van der Waals surface area contributed by atoms with Crippen molar-refractivity contribution < 1.29 is 4.74 Å². The molecular weight excluding hydrogens is 232 g/mol. The number of hydrogen-bond donors (Lipinski definition) is 2. The number of hydrogen-bond acceptors (Lipinski definition) is 6. The van der Waals surface area contributed by atoms with Gasteiger partial charge in [0.2, 0.25) is 5.95 Å². The number of rotatable bonds is 5. The molecule has 2 heterocycles. The van der Waals surface area contributed by atoms with Gasteiger partial charge in [0.15, 0.2) is 5.65 Å². The first-order valence-electron chi connectivity index (χ1n) is 5.78. The van der Waals surface area contributed by atoms with Crippen molar-refractivity contribution in [2.45, 2.75) is 13.0 Å². The summed E-state index contributed by atoms with van der Waals surface area (Å²) < 4.78 is 5.17. The number of H-pyrrole nitrogens is 1. The fourth-order valence-electron chi connectivity index (χ4n) is 1.76. The van der Waals surface area contributed by atoms with E-state index in [0.29, 0.717) is 12.6 Å². The van der Waals surface area contributed by atoms with Gasteiger partial charge in [0.25, 0.3) is 0 Å². The Balaban J connectivity index is 2.44. The summed E-state index contributed by atoms with van der Waals surface area (Å²) in [5, 5.41) is 10.7. The van der Waals surface area contributed by atoms with Crippen LogP contribution in [0.3, 0.4) is 0 Å². The third-order valence-electron chi connectivity index (χ3n) is 2.92. The number of nitrogens with zero attached hydrogens (tertiary/aromatic N) is 4. The number of aromatic nitrogens is 4. The molecule has 2 aromatic heterocycles. The minimum Gasteiger partial charge on any atom is -0.383 e. The highest BCUT2D eigenvalue weighted by molar-refractivity contribution is 5.87. The summed E-state index contributed by atoms with van der Waals surface area (Å²) in [5.74, 6) is 1.40. The van der Waals surface area contributed by atoms with Crippen molar-refractivity contribution in [2.24, 2.45) is 0 Å². The molecule has 7 heteroatoms. The van der Waals surface area contributed by atoms with E-state index >= 15 is 0 Å². The predicted molar refractivity (Wildman–Crippen MR) is 71.0 cm³/mol. The molecule has 0 amide bonds. The summed E-state index contributed by atoms with van der Waals surface area (Å²) in [5.41, 5.74) is 0.723. The minimum absolute atomic E-state index is 0.215. The quantitative estimate of drug-likeness (QED) is 0.819. The smallest absolute Gasteiger partial charge is 0.226 e. The highest BCUT2D eigenvalue weighted by Gasteiger charge is 2.17. The normalized spacial score (nSPS) is 12.7. The number of aromatic amines is 1. The molecule has 98 valence electrons. The average molecular weight is 250 g/mol. The van der Waals surface area contributed by atoms with Crippen LogP contribution in [0.15, 0.2) is 6.20 Å². The summed E-state index contributed by atoms with van der Waals surface area (Å²) in [6.45, 7) is 2.71. The number of methoxy groups -OCH3 is 1. The van der Waals surface area contributed by atoms with Crippen molar-refractivity contribution in [1.29, 1.82) is 0 Å². The Morgan fingerprint density at radius 1 is 1.50 bits per heavy atom. The van der Waals surface area contributed by atoms with Crippen LogP contribution in [0.25, 0.3) is 11.0 Å². The lowest BCUT2D eigenvalue weighted by Crippen LogP contribution is -2.33. The molecule has 0 saturated heterocycles. The summed E-state index contributed by atoms with van der Waals surface area (Å²) >= 11 is 0. The lowest BCUT2D eigenvalue weighted by Gasteiger charge is -2.25. The molecule has 0 aliphatic heterocycles. The minimum atomic E-state index is 0.215. The number of anilines is 2. The third-order valence-corrected chi connectivity index (χ3v) is 2.92. The molecule has 0 radical (unpaired) electrons. The van der Waals surface area contributed by atoms with Crippen molar-refractivity contribution >= 4 is 22.8 Å². The van der Waals surface area contributed by atoms with E-state index in [2.05, 4.69) is 37.3 Å². The molecule has 0 saturated carbocycles. The molecular formula is C11H18N6O. The molecule has 0 spiro atoms. The van der Waals surface area contributed by atoms with E-state index < -0.39 is 0 Å². The van der Waals surface area contributed by atoms with Gasteiger partial charge in [-0.25, -0.2) is 0 Å². The van der Waals surface area contributed by atoms with Crippen LogP contribution in [-0.2, 0) is 4.74 Å². The van der Waals surface area contributed by atoms with Gasteiger partial charge >= 0.3 is 0 Å². The summed E-state index contributed by atoms with van der Waals surface area (Å²) in [6, 6.07) is 0.215. The van der Waals surface area contributed by atoms with Crippen molar-refractivity contribution in [2.75, 3.05) is 38.0 Å². The van der Waals surface area contributed by atoms with E-state index in [1.165, 1.54) is 0 Å². The molecule has 1 unspecified atom stereocenters. The Bertz CT molecular complexity index is 525. The molecule has 0 aliphatic carbocycles. The zero-order chi connectivity index (χ0) is 13.1. The van der Waals surface area contributed by atoms with Gasteiger partial charge < -0.3 is 15.0 Å². The molecule has 0 fully saturated rings. The third kappa shape index (κ3) is 2.21. The molecule has 0 aromatic carbocycles. The second kappa shape index (κ2) is 5.18. The number of fused-ring (bicyclic) bond motifs is 1. The SMILES string of the molecule is CNc1nc(N(C)C(C)COC)c2cn[nH]c2n1. The maximum absolute atomic E-state index is 5.17. The molecule has 2 aromatic rings. The average Bonchev–Trinajstić information content (AvgIpc) is 2.84. The molecule has 0 bridgehead atoms. The first kappa shape index (κ1) is 12.6. The highest BCUT2D eigenvalue weighted by Crippen LogP contribution is 2.24.